The highest BCUT2D eigenvalue weighted by molar-refractivity contribution is 6.31. The molecule has 2 N–H and O–H groups in total. The Morgan fingerprint density at radius 2 is 1.83 bits per heavy atom. The monoisotopic (exact) mass is 415 g/mol. The Bertz CT molecular complexity index is 937. The van der Waals surface area contributed by atoms with E-state index in [1.165, 1.54) is 12.1 Å². The number of benzene rings is 3. The van der Waals surface area contributed by atoms with Crippen LogP contribution in [-0.2, 0) is 13.2 Å². The number of rotatable bonds is 9. The molecule has 3 aromatic rings. The molecule has 0 aliphatic rings. The third-order valence-electron chi connectivity index (χ3n) is 4.50. The molecule has 0 aliphatic heterocycles. The summed E-state index contributed by atoms with van der Waals surface area (Å²) in [7, 11) is 1.57. The molecule has 29 heavy (non-hydrogen) atoms. The summed E-state index contributed by atoms with van der Waals surface area (Å²) >= 11 is 6.09. The quantitative estimate of drug-likeness (QED) is 0.522. The first-order valence-electron chi connectivity index (χ1n) is 9.25. The van der Waals surface area contributed by atoms with Gasteiger partial charge >= 0.3 is 0 Å². The number of nitrogens with one attached hydrogen (secondary N) is 1. The highest BCUT2D eigenvalue weighted by Gasteiger charge is 2.13. The highest BCUT2D eigenvalue weighted by atomic mass is 35.5. The predicted molar refractivity (Wildman–Crippen MR) is 112 cm³/mol. The Labute approximate surface area is 174 Å². The van der Waals surface area contributed by atoms with Crippen LogP contribution >= 0.6 is 11.6 Å². The van der Waals surface area contributed by atoms with Gasteiger partial charge in [0.05, 0.1) is 18.2 Å². The Balaban J connectivity index is 1.67. The van der Waals surface area contributed by atoms with Crippen molar-refractivity contribution in [2.45, 2.75) is 19.3 Å². The van der Waals surface area contributed by atoms with E-state index in [-0.39, 0.29) is 6.61 Å². The van der Waals surface area contributed by atoms with Crippen LogP contribution in [0.4, 0.5) is 4.39 Å². The third kappa shape index (κ3) is 5.70. The first-order chi connectivity index (χ1) is 14.1. The number of methoxy groups -OCH3 is 1. The Morgan fingerprint density at radius 1 is 1.03 bits per heavy atom. The van der Waals surface area contributed by atoms with Crippen LogP contribution in [0.3, 0.4) is 0 Å². The number of halogens is 2. The lowest BCUT2D eigenvalue weighted by Crippen LogP contribution is -2.21. The average Bonchev–Trinajstić information content (AvgIpc) is 2.74. The molecule has 0 saturated carbocycles. The summed E-state index contributed by atoms with van der Waals surface area (Å²) in [6, 6.07) is 19.3. The topological polar surface area (TPSA) is 50.7 Å². The summed E-state index contributed by atoms with van der Waals surface area (Å²) in [6.07, 6.45) is -0.607. The largest absolute Gasteiger partial charge is 0.493 e. The zero-order valence-corrected chi connectivity index (χ0v) is 16.8. The number of para-hydroxylation sites is 1. The molecular formula is C23H23ClFNO3. The molecule has 0 aromatic heterocycles. The van der Waals surface area contributed by atoms with Gasteiger partial charge < -0.3 is 19.9 Å². The molecule has 1 atom stereocenters. The van der Waals surface area contributed by atoms with Gasteiger partial charge in [0.25, 0.3) is 0 Å². The van der Waals surface area contributed by atoms with Crippen molar-refractivity contribution in [2.75, 3.05) is 13.7 Å². The second-order valence-corrected chi connectivity index (χ2v) is 6.94. The first kappa shape index (κ1) is 21.1. The van der Waals surface area contributed by atoms with Crippen LogP contribution in [0, 0.1) is 5.82 Å². The Morgan fingerprint density at radius 3 is 2.55 bits per heavy atom. The standard InChI is InChI=1S/C23H23ClFNO3/c1-28-22-9-5-8-17(13-26-14-21(27)16-6-3-2-4-7-16)23(22)29-15-18-10-11-19(25)12-20(18)24/h2-12,21,26-27H,13-15H2,1H3. The van der Waals surface area contributed by atoms with Gasteiger partial charge in [0.2, 0.25) is 0 Å². The van der Waals surface area contributed by atoms with Gasteiger partial charge in [-0.05, 0) is 23.8 Å². The van der Waals surface area contributed by atoms with Crippen LogP contribution in [-0.4, -0.2) is 18.8 Å². The van der Waals surface area contributed by atoms with Crippen molar-refractivity contribution in [3.8, 4) is 11.5 Å². The van der Waals surface area contributed by atoms with E-state index in [0.717, 1.165) is 11.1 Å². The maximum absolute atomic E-state index is 13.2. The molecule has 0 radical (unpaired) electrons. The minimum Gasteiger partial charge on any atom is -0.493 e. The van der Waals surface area contributed by atoms with Crippen molar-refractivity contribution in [3.05, 3.63) is 94.3 Å². The van der Waals surface area contributed by atoms with Crippen LogP contribution < -0.4 is 14.8 Å². The molecule has 152 valence electrons. The minimum absolute atomic E-state index is 0.180. The summed E-state index contributed by atoms with van der Waals surface area (Å²) in [5, 5.41) is 13.9. The van der Waals surface area contributed by atoms with Crippen LogP contribution in [0.1, 0.15) is 22.8 Å². The first-order valence-corrected chi connectivity index (χ1v) is 9.62. The molecular weight excluding hydrogens is 393 g/mol. The second kappa shape index (κ2) is 10.3. The fourth-order valence-corrected chi connectivity index (χ4v) is 3.17. The van der Waals surface area contributed by atoms with Crippen molar-refractivity contribution in [1.29, 1.82) is 0 Å². The van der Waals surface area contributed by atoms with Gasteiger partial charge in [-0.1, -0.05) is 60.1 Å². The predicted octanol–water partition coefficient (Wildman–Crippen LogP) is 4.89. The number of ether oxygens (including phenoxy) is 2. The number of aliphatic hydroxyl groups excluding tert-OH is 1. The fraction of sp³-hybridized carbons (Fsp3) is 0.217. The molecule has 0 spiro atoms. The van der Waals surface area contributed by atoms with Crippen molar-refractivity contribution in [1.82, 2.24) is 5.32 Å². The zero-order chi connectivity index (χ0) is 20.6. The van der Waals surface area contributed by atoms with Crippen LogP contribution in [0.5, 0.6) is 11.5 Å². The van der Waals surface area contributed by atoms with E-state index in [1.54, 1.807) is 13.2 Å². The van der Waals surface area contributed by atoms with Gasteiger partial charge in [-0.3, -0.25) is 0 Å². The van der Waals surface area contributed by atoms with E-state index >= 15 is 0 Å². The lowest BCUT2D eigenvalue weighted by atomic mass is 10.1. The SMILES string of the molecule is COc1cccc(CNCC(O)c2ccccc2)c1OCc1ccc(F)cc1Cl. The van der Waals surface area contributed by atoms with E-state index in [4.69, 9.17) is 21.1 Å². The van der Waals surface area contributed by atoms with Crippen LogP contribution in [0.2, 0.25) is 5.02 Å². The summed E-state index contributed by atoms with van der Waals surface area (Å²) in [4.78, 5) is 0. The third-order valence-corrected chi connectivity index (χ3v) is 4.86. The average molecular weight is 416 g/mol. The fourth-order valence-electron chi connectivity index (χ4n) is 2.95. The van der Waals surface area contributed by atoms with Gasteiger partial charge in [0.1, 0.15) is 12.4 Å². The van der Waals surface area contributed by atoms with Crippen molar-refractivity contribution in [2.24, 2.45) is 0 Å². The minimum atomic E-state index is -0.607. The van der Waals surface area contributed by atoms with Crippen LogP contribution in [0.25, 0.3) is 0 Å². The van der Waals surface area contributed by atoms with E-state index in [0.29, 0.717) is 35.2 Å². The number of aliphatic hydroxyl groups is 1. The van der Waals surface area contributed by atoms with Gasteiger partial charge in [-0.15, -0.1) is 0 Å². The van der Waals surface area contributed by atoms with Crippen molar-refractivity contribution >= 4 is 11.6 Å². The van der Waals surface area contributed by atoms with Gasteiger partial charge in [-0.25, -0.2) is 4.39 Å². The smallest absolute Gasteiger partial charge is 0.166 e. The van der Waals surface area contributed by atoms with E-state index in [9.17, 15) is 9.50 Å². The van der Waals surface area contributed by atoms with E-state index < -0.39 is 11.9 Å². The Kier molecular flexibility index (Phi) is 7.47. The van der Waals surface area contributed by atoms with E-state index in [1.807, 2.05) is 48.5 Å². The molecule has 0 amide bonds. The summed E-state index contributed by atoms with van der Waals surface area (Å²) in [6.45, 7) is 1.05. The van der Waals surface area contributed by atoms with Crippen LogP contribution in [0.15, 0.2) is 66.7 Å². The van der Waals surface area contributed by atoms with E-state index in [2.05, 4.69) is 5.32 Å². The summed E-state index contributed by atoms with van der Waals surface area (Å²) < 4.78 is 24.6. The van der Waals surface area contributed by atoms with Gasteiger partial charge in [0.15, 0.2) is 11.5 Å². The molecule has 0 aliphatic carbocycles. The molecule has 0 saturated heterocycles. The normalized spacial score (nSPS) is 11.9. The Hall–Kier alpha value is -2.60. The highest BCUT2D eigenvalue weighted by Crippen LogP contribution is 2.32. The van der Waals surface area contributed by atoms with Gasteiger partial charge in [0, 0.05) is 24.2 Å². The number of hydrogen-bond acceptors (Lipinski definition) is 4. The van der Waals surface area contributed by atoms with Crippen molar-refractivity contribution < 1.29 is 19.0 Å². The molecule has 3 aromatic carbocycles. The molecule has 3 rings (SSSR count). The molecule has 1 unspecified atom stereocenters. The molecule has 0 heterocycles. The summed E-state index contributed by atoms with van der Waals surface area (Å²) in [5.74, 6) is 0.779. The lowest BCUT2D eigenvalue weighted by Gasteiger charge is -2.17. The molecule has 6 heteroatoms. The lowest BCUT2D eigenvalue weighted by molar-refractivity contribution is 0.174. The molecule has 0 fully saturated rings. The summed E-state index contributed by atoms with van der Waals surface area (Å²) in [5.41, 5.74) is 2.41. The zero-order valence-electron chi connectivity index (χ0n) is 16.1. The molecule has 4 nitrogen and oxygen atoms in total. The maximum atomic E-state index is 13.2. The second-order valence-electron chi connectivity index (χ2n) is 6.53. The number of hydrogen-bond donors (Lipinski definition) is 2. The maximum Gasteiger partial charge on any atom is 0.166 e. The molecule has 0 bridgehead atoms. The van der Waals surface area contributed by atoms with Crippen molar-refractivity contribution in [3.63, 3.8) is 0 Å². The van der Waals surface area contributed by atoms with Gasteiger partial charge in [-0.2, -0.15) is 0 Å².